The lowest BCUT2D eigenvalue weighted by Gasteiger charge is -2.27. The number of nitrogen functional groups attached to an aromatic ring is 1. The van der Waals surface area contributed by atoms with Crippen molar-refractivity contribution in [2.45, 2.75) is 18.0 Å². The maximum Gasteiger partial charge on any atom is 0.243 e. The molecule has 0 atom stereocenters. The second-order valence-corrected chi connectivity index (χ2v) is 6.50. The van der Waals surface area contributed by atoms with Crippen LogP contribution in [0.25, 0.3) is 0 Å². The van der Waals surface area contributed by atoms with Gasteiger partial charge in [-0.3, -0.25) is 0 Å². The molecule has 106 valence electrons. The zero-order chi connectivity index (χ0) is 14.3. The van der Waals surface area contributed by atoms with E-state index in [-0.39, 0.29) is 17.1 Å². The largest absolute Gasteiger partial charge is 0.396 e. The summed E-state index contributed by atoms with van der Waals surface area (Å²) in [6.45, 7) is 1.10. The van der Waals surface area contributed by atoms with E-state index in [9.17, 15) is 12.8 Å². The van der Waals surface area contributed by atoms with E-state index in [0.717, 1.165) is 12.1 Å². The minimum atomic E-state index is -3.69. The molecule has 2 N–H and O–H groups in total. The number of nitrogens with zero attached hydrogens (tertiary/aromatic N) is 3. The van der Waals surface area contributed by atoms with E-state index >= 15 is 0 Å². The summed E-state index contributed by atoms with van der Waals surface area (Å²) >= 11 is 0. The van der Waals surface area contributed by atoms with Crippen LogP contribution in [0.3, 0.4) is 0 Å². The van der Waals surface area contributed by atoms with E-state index in [1.807, 2.05) is 10.8 Å². The van der Waals surface area contributed by atoms with Crippen LogP contribution < -0.4 is 5.73 Å². The maximum absolute atomic E-state index is 13.1. The van der Waals surface area contributed by atoms with E-state index in [1.54, 1.807) is 6.20 Å². The topological polar surface area (TPSA) is 81.2 Å². The third-order valence-corrected chi connectivity index (χ3v) is 5.16. The molecule has 0 saturated carbocycles. The van der Waals surface area contributed by atoms with Gasteiger partial charge >= 0.3 is 0 Å². The van der Waals surface area contributed by atoms with E-state index in [4.69, 9.17) is 5.73 Å². The minimum absolute atomic E-state index is 0.00333. The summed E-state index contributed by atoms with van der Waals surface area (Å²) in [5.41, 5.74) is 5.26. The quantitative estimate of drug-likeness (QED) is 0.832. The monoisotopic (exact) mass is 296 g/mol. The fraction of sp³-hybridized carbons (Fsp3) is 0.250. The third-order valence-electron chi connectivity index (χ3n) is 3.32. The number of nitrogens with two attached hydrogens (primary N) is 1. The molecule has 0 radical (unpaired) electrons. The Labute approximate surface area is 115 Å². The van der Waals surface area contributed by atoms with Gasteiger partial charge in [-0.25, -0.2) is 17.8 Å². The first kappa shape index (κ1) is 13.1. The van der Waals surface area contributed by atoms with Crippen molar-refractivity contribution in [2.24, 2.45) is 0 Å². The van der Waals surface area contributed by atoms with Gasteiger partial charge in [0.2, 0.25) is 10.0 Å². The molecule has 0 fully saturated rings. The third kappa shape index (κ3) is 2.06. The number of anilines is 1. The standard InChI is InChI=1S/C12H13FN4O2S/c13-10-2-1-9(7-11(10)14)20(18,19)17-6-5-16-4-3-15-12(16)8-17/h1-4,7H,5-6,8,14H2. The van der Waals surface area contributed by atoms with Gasteiger partial charge in [0.25, 0.3) is 0 Å². The number of hydrogen-bond donors (Lipinski definition) is 1. The van der Waals surface area contributed by atoms with E-state index < -0.39 is 15.8 Å². The van der Waals surface area contributed by atoms with Crippen LogP contribution in [0.5, 0.6) is 0 Å². The average molecular weight is 296 g/mol. The van der Waals surface area contributed by atoms with Crippen molar-refractivity contribution in [2.75, 3.05) is 12.3 Å². The molecule has 0 spiro atoms. The number of rotatable bonds is 2. The molecule has 20 heavy (non-hydrogen) atoms. The molecule has 3 rings (SSSR count). The number of fused-ring (bicyclic) bond motifs is 1. The number of benzene rings is 1. The highest BCUT2D eigenvalue weighted by molar-refractivity contribution is 7.89. The molecule has 1 aromatic heterocycles. The van der Waals surface area contributed by atoms with Crippen LogP contribution >= 0.6 is 0 Å². The Morgan fingerprint density at radius 1 is 1.30 bits per heavy atom. The van der Waals surface area contributed by atoms with Crippen molar-refractivity contribution in [3.05, 3.63) is 42.2 Å². The van der Waals surface area contributed by atoms with E-state index in [0.29, 0.717) is 18.9 Å². The SMILES string of the molecule is Nc1cc(S(=O)(=O)N2CCn3ccnc3C2)ccc1F. The van der Waals surface area contributed by atoms with Crippen LogP contribution in [0.4, 0.5) is 10.1 Å². The highest BCUT2D eigenvalue weighted by atomic mass is 32.2. The second kappa shape index (κ2) is 4.57. The molecule has 1 aliphatic heterocycles. The van der Waals surface area contributed by atoms with E-state index in [2.05, 4.69) is 4.98 Å². The van der Waals surface area contributed by atoms with Crippen LogP contribution in [-0.4, -0.2) is 28.8 Å². The summed E-state index contributed by atoms with van der Waals surface area (Å²) in [5, 5.41) is 0. The summed E-state index contributed by atoms with van der Waals surface area (Å²) in [6.07, 6.45) is 3.45. The van der Waals surface area contributed by atoms with Crippen LogP contribution in [-0.2, 0) is 23.1 Å². The summed E-state index contributed by atoms with van der Waals surface area (Å²) in [4.78, 5) is 4.11. The van der Waals surface area contributed by atoms with Crippen molar-refractivity contribution >= 4 is 15.7 Å². The fourth-order valence-electron chi connectivity index (χ4n) is 2.19. The molecule has 0 saturated heterocycles. The van der Waals surface area contributed by atoms with E-state index in [1.165, 1.54) is 10.4 Å². The molecule has 0 aliphatic carbocycles. The summed E-state index contributed by atoms with van der Waals surface area (Å²) < 4.78 is 41.4. The molecule has 2 aromatic rings. The molecule has 1 aliphatic rings. The van der Waals surface area contributed by atoms with Crippen LogP contribution in [0, 0.1) is 5.82 Å². The number of halogens is 1. The highest BCUT2D eigenvalue weighted by Gasteiger charge is 2.29. The Morgan fingerprint density at radius 3 is 2.85 bits per heavy atom. The smallest absolute Gasteiger partial charge is 0.243 e. The summed E-state index contributed by atoms with van der Waals surface area (Å²) in [7, 11) is -3.69. The van der Waals surface area contributed by atoms with Gasteiger partial charge < -0.3 is 10.3 Å². The van der Waals surface area contributed by atoms with Crippen LogP contribution in [0.1, 0.15) is 5.82 Å². The van der Waals surface area contributed by atoms with Crippen LogP contribution in [0.2, 0.25) is 0 Å². The van der Waals surface area contributed by atoms with Gasteiger partial charge in [-0.15, -0.1) is 0 Å². The Bertz CT molecular complexity index is 757. The maximum atomic E-state index is 13.1. The molecule has 0 unspecified atom stereocenters. The molecular weight excluding hydrogens is 283 g/mol. The molecular formula is C12H13FN4O2S. The van der Waals surface area contributed by atoms with Crippen molar-refractivity contribution in [3.8, 4) is 0 Å². The second-order valence-electron chi connectivity index (χ2n) is 4.56. The van der Waals surface area contributed by atoms with Crippen molar-refractivity contribution in [1.29, 1.82) is 0 Å². The predicted molar refractivity (Wildman–Crippen MR) is 70.6 cm³/mol. The predicted octanol–water partition coefficient (Wildman–Crippen LogP) is 0.809. The fourth-order valence-corrected chi connectivity index (χ4v) is 3.61. The first-order valence-electron chi connectivity index (χ1n) is 6.03. The lowest BCUT2D eigenvalue weighted by atomic mass is 10.3. The lowest BCUT2D eigenvalue weighted by molar-refractivity contribution is 0.335. The molecule has 0 amide bonds. The zero-order valence-corrected chi connectivity index (χ0v) is 11.3. The zero-order valence-electron chi connectivity index (χ0n) is 10.5. The molecule has 6 nitrogen and oxygen atoms in total. The number of aromatic nitrogens is 2. The molecule has 0 bridgehead atoms. The van der Waals surface area contributed by atoms with Gasteiger partial charge in [0.1, 0.15) is 11.6 Å². The number of imidazole rings is 1. The van der Waals surface area contributed by atoms with Gasteiger partial charge in [0.15, 0.2) is 0 Å². The Hall–Kier alpha value is -1.93. The number of sulfonamides is 1. The lowest BCUT2D eigenvalue weighted by Crippen LogP contribution is -2.38. The van der Waals surface area contributed by atoms with Gasteiger partial charge in [-0.05, 0) is 18.2 Å². The van der Waals surface area contributed by atoms with Crippen molar-refractivity contribution in [3.63, 3.8) is 0 Å². The average Bonchev–Trinajstić information content (AvgIpc) is 2.89. The van der Waals surface area contributed by atoms with Crippen LogP contribution in [0.15, 0.2) is 35.5 Å². The van der Waals surface area contributed by atoms with Crippen molar-refractivity contribution in [1.82, 2.24) is 13.9 Å². The molecule has 1 aromatic carbocycles. The Morgan fingerprint density at radius 2 is 2.10 bits per heavy atom. The van der Waals surface area contributed by atoms with Gasteiger partial charge in [0.05, 0.1) is 17.1 Å². The summed E-state index contributed by atoms with van der Waals surface area (Å²) in [5.74, 6) is 0.0630. The first-order chi connectivity index (χ1) is 9.48. The normalized spacial score (nSPS) is 16.1. The molecule has 8 heteroatoms. The first-order valence-corrected chi connectivity index (χ1v) is 7.47. The summed E-state index contributed by atoms with van der Waals surface area (Å²) in [6, 6.07) is 3.43. The Balaban J connectivity index is 1.95. The van der Waals surface area contributed by atoms with Crippen molar-refractivity contribution < 1.29 is 12.8 Å². The number of hydrogen-bond acceptors (Lipinski definition) is 4. The van der Waals surface area contributed by atoms with Gasteiger partial charge in [-0.2, -0.15) is 4.31 Å². The molecule has 2 heterocycles. The highest BCUT2D eigenvalue weighted by Crippen LogP contribution is 2.23. The minimum Gasteiger partial charge on any atom is -0.396 e. The Kier molecular flexibility index (Phi) is 2.98. The van der Waals surface area contributed by atoms with Gasteiger partial charge in [-0.1, -0.05) is 0 Å². The van der Waals surface area contributed by atoms with Gasteiger partial charge in [0, 0.05) is 25.5 Å².